The van der Waals surface area contributed by atoms with Crippen LogP contribution in [0.5, 0.6) is 11.5 Å². The van der Waals surface area contributed by atoms with E-state index in [9.17, 15) is 13.2 Å². The van der Waals surface area contributed by atoms with Crippen LogP contribution in [-0.4, -0.2) is 7.12 Å². The Morgan fingerprint density at radius 2 is 1.33 bits per heavy atom. The van der Waals surface area contributed by atoms with E-state index in [1.54, 1.807) is 24.3 Å². The van der Waals surface area contributed by atoms with E-state index >= 15 is 0 Å². The van der Waals surface area contributed by atoms with Gasteiger partial charge in [0.25, 0.3) is 0 Å². The third-order valence-electron chi connectivity index (χ3n) is 2.60. The molecule has 0 saturated heterocycles. The van der Waals surface area contributed by atoms with Crippen LogP contribution in [0.4, 0.5) is 13.2 Å². The Hall–Kier alpha value is -2.11. The molecule has 0 amide bonds. The molecule has 0 aromatic heterocycles. The summed E-state index contributed by atoms with van der Waals surface area (Å²) < 4.78 is 50.4. The molecule has 0 bridgehead atoms. The van der Waals surface area contributed by atoms with Gasteiger partial charge in [-0.25, -0.2) is 13.2 Å². The van der Waals surface area contributed by atoms with Gasteiger partial charge in [0.15, 0.2) is 0 Å². The van der Waals surface area contributed by atoms with Gasteiger partial charge in [-0.3, -0.25) is 0 Å². The lowest BCUT2D eigenvalue weighted by molar-refractivity contribution is 0.500. The zero-order valence-electron chi connectivity index (χ0n) is 8.99. The van der Waals surface area contributed by atoms with E-state index in [0.29, 0.717) is 23.6 Å². The first-order valence-electron chi connectivity index (χ1n) is 5.22. The van der Waals surface area contributed by atoms with Crippen LogP contribution < -0.4 is 14.8 Å². The standard InChI is InChI=1S/C12H6BF3O2/c14-7-5-8(15)12(9(16)6-7)13-17-10-3-1-2-4-11(10)18-13/h1-6H. The van der Waals surface area contributed by atoms with Gasteiger partial charge in [0, 0.05) is 12.1 Å². The molecule has 18 heavy (non-hydrogen) atoms. The minimum absolute atomic E-state index is 0.394. The maximum atomic E-state index is 13.5. The number of para-hydroxylation sites is 2. The van der Waals surface area contributed by atoms with Crippen molar-refractivity contribution >= 4 is 12.6 Å². The summed E-state index contributed by atoms with van der Waals surface area (Å²) in [5.74, 6) is -2.27. The Morgan fingerprint density at radius 3 is 1.83 bits per heavy atom. The lowest BCUT2D eigenvalue weighted by atomic mass is 9.78. The quantitative estimate of drug-likeness (QED) is 0.723. The zero-order valence-corrected chi connectivity index (χ0v) is 8.99. The van der Waals surface area contributed by atoms with Gasteiger partial charge < -0.3 is 9.31 Å². The average Bonchev–Trinajstić information content (AvgIpc) is 2.70. The van der Waals surface area contributed by atoms with Gasteiger partial charge >= 0.3 is 7.12 Å². The summed E-state index contributed by atoms with van der Waals surface area (Å²) in [6.07, 6.45) is 0. The lowest BCUT2D eigenvalue weighted by Gasteiger charge is -2.07. The molecule has 6 heteroatoms. The summed E-state index contributed by atoms with van der Waals surface area (Å²) in [5.41, 5.74) is -0.437. The van der Waals surface area contributed by atoms with Gasteiger partial charge in [0.05, 0.1) is 5.46 Å². The van der Waals surface area contributed by atoms with Crippen LogP contribution in [0.15, 0.2) is 36.4 Å². The fourth-order valence-electron chi connectivity index (χ4n) is 1.80. The smallest absolute Gasteiger partial charge is 0.519 e. The summed E-state index contributed by atoms with van der Waals surface area (Å²) in [5, 5.41) is 0. The van der Waals surface area contributed by atoms with Gasteiger partial charge in [-0.1, -0.05) is 12.1 Å². The van der Waals surface area contributed by atoms with E-state index in [1.165, 1.54) is 0 Å². The zero-order chi connectivity index (χ0) is 12.7. The van der Waals surface area contributed by atoms with E-state index in [-0.39, 0.29) is 0 Å². The molecule has 90 valence electrons. The number of benzene rings is 2. The van der Waals surface area contributed by atoms with Crippen LogP contribution in [0.2, 0.25) is 0 Å². The second-order valence-electron chi connectivity index (χ2n) is 3.80. The van der Waals surface area contributed by atoms with E-state index in [2.05, 4.69) is 0 Å². The molecular formula is C12H6BF3O2. The van der Waals surface area contributed by atoms with Crippen LogP contribution in [0.25, 0.3) is 0 Å². The lowest BCUT2D eigenvalue weighted by Crippen LogP contribution is -2.43. The minimum Gasteiger partial charge on any atom is -0.519 e. The molecule has 1 heterocycles. The van der Waals surface area contributed by atoms with Crippen molar-refractivity contribution in [2.24, 2.45) is 0 Å². The van der Waals surface area contributed by atoms with Gasteiger partial charge in [0.2, 0.25) is 0 Å². The van der Waals surface area contributed by atoms with Gasteiger partial charge in [-0.15, -0.1) is 0 Å². The Balaban J connectivity index is 2.00. The second kappa shape index (κ2) is 3.98. The number of halogens is 3. The normalized spacial score (nSPS) is 12.9. The number of hydrogen-bond acceptors (Lipinski definition) is 2. The highest BCUT2D eigenvalue weighted by atomic mass is 19.1. The van der Waals surface area contributed by atoms with E-state index in [4.69, 9.17) is 9.31 Å². The SMILES string of the molecule is Fc1cc(F)c(B2Oc3ccccc3O2)c(F)c1. The van der Waals surface area contributed by atoms with Gasteiger partial charge in [-0.05, 0) is 12.1 Å². The Bertz CT molecular complexity index is 570. The first kappa shape index (κ1) is 11.0. The van der Waals surface area contributed by atoms with E-state index in [0.717, 1.165) is 0 Å². The maximum Gasteiger partial charge on any atom is 0.638 e. The highest BCUT2D eigenvalue weighted by Gasteiger charge is 2.39. The first-order valence-corrected chi connectivity index (χ1v) is 5.22. The third kappa shape index (κ3) is 1.70. The predicted molar refractivity (Wildman–Crippen MR) is 59.4 cm³/mol. The number of hydrogen-bond donors (Lipinski definition) is 0. The number of rotatable bonds is 1. The molecular weight excluding hydrogens is 244 g/mol. The second-order valence-corrected chi connectivity index (χ2v) is 3.80. The van der Waals surface area contributed by atoms with E-state index < -0.39 is 30.0 Å². The molecule has 0 atom stereocenters. The Morgan fingerprint density at radius 1 is 0.833 bits per heavy atom. The molecule has 0 N–H and O–H groups in total. The third-order valence-corrected chi connectivity index (χ3v) is 2.60. The van der Waals surface area contributed by atoms with Crippen molar-refractivity contribution in [3.63, 3.8) is 0 Å². The van der Waals surface area contributed by atoms with Crippen molar-refractivity contribution in [3.8, 4) is 11.5 Å². The van der Waals surface area contributed by atoms with Crippen molar-refractivity contribution in [3.05, 3.63) is 53.8 Å². The molecule has 2 nitrogen and oxygen atoms in total. The average molecular weight is 250 g/mol. The van der Waals surface area contributed by atoms with Crippen LogP contribution in [0.1, 0.15) is 0 Å². The first-order chi connectivity index (χ1) is 8.65. The van der Waals surface area contributed by atoms with Gasteiger partial charge in [-0.2, -0.15) is 0 Å². The summed E-state index contributed by atoms with van der Waals surface area (Å²) in [6.45, 7) is 0. The van der Waals surface area contributed by atoms with Crippen LogP contribution in [0.3, 0.4) is 0 Å². The molecule has 0 unspecified atom stereocenters. The molecule has 3 rings (SSSR count). The van der Waals surface area contributed by atoms with Crippen molar-refractivity contribution in [1.82, 2.24) is 0 Å². The van der Waals surface area contributed by atoms with Gasteiger partial charge in [0.1, 0.15) is 29.0 Å². The molecule has 1 aliphatic heterocycles. The minimum atomic E-state index is -1.23. The summed E-state index contributed by atoms with van der Waals surface area (Å²) in [6, 6.07) is 7.84. The van der Waals surface area contributed by atoms with Crippen molar-refractivity contribution in [2.45, 2.75) is 0 Å². The molecule has 0 spiro atoms. The molecule has 2 aromatic carbocycles. The number of fused-ring (bicyclic) bond motifs is 1. The highest BCUT2D eigenvalue weighted by molar-refractivity contribution is 6.63. The van der Waals surface area contributed by atoms with Crippen LogP contribution >= 0.6 is 0 Å². The van der Waals surface area contributed by atoms with Crippen molar-refractivity contribution in [1.29, 1.82) is 0 Å². The monoisotopic (exact) mass is 250 g/mol. The Kier molecular flexibility index (Phi) is 2.43. The van der Waals surface area contributed by atoms with E-state index in [1.807, 2.05) is 0 Å². The van der Waals surface area contributed by atoms with Crippen LogP contribution in [0, 0.1) is 17.5 Å². The fraction of sp³-hybridized carbons (Fsp3) is 0. The van der Waals surface area contributed by atoms with Crippen molar-refractivity contribution in [2.75, 3.05) is 0 Å². The summed E-state index contributed by atoms with van der Waals surface area (Å²) in [4.78, 5) is 0. The van der Waals surface area contributed by atoms with Crippen LogP contribution in [-0.2, 0) is 0 Å². The molecule has 0 radical (unpaired) electrons. The molecule has 2 aromatic rings. The molecule has 0 aliphatic carbocycles. The van der Waals surface area contributed by atoms with Crippen molar-refractivity contribution < 1.29 is 22.5 Å². The highest BCUT2D eigenvalue weighted by Crippen LogP contribution is 2.32. The predicted octanol–water partition coefficient (Wildman–Crippen LogP) is 2.27. The Labute approximate surface area is 101 Å². The molecule has 0 saturated carbocycles. The molecule has 1 aliphatic rings. The largest absolute Gasteiger partial charge is 0.638 e. The maximum absolute atomic E-state index is 13.5. The summed E-state index contributed by atoms with van der Waals surface area (Å²) >= 11 is 0. The topological polar surface area (TPSA) is 18.5 Å². The summed E-state index contributed by atoms with van der Waals surface area (Å²) in [7, 11) is -1.23. The molecule has 0 fully saturated rings. The fourth-order valence-corrected chi connectivity index (χ4v) is 1.80.